The van der Waals surface area contributed by atoms with E-state index < -0.39 is 0 Å². The zero-order valence-electron chi connectivity index (χ0n) is 16.6. The molecule has 0 radical (unpaired) electrons. The highest BCUT2D eigenvalue weighted by atomic mass is 35.5. The van der Waals surface area contributed by atoms with Crippen molar-refractivity contribution in [2.24, 2.45) is 0 Å². The number of anilines is 4. The molecule has 0 fully saturated rings. The van der Waals surface area contributed by atoms with Gasteiger partial charge >= 0.3 is 0 Å². The number of hydrogen-bond acceptors (Lipinski definition) is 5. The zero-order chi connectivity index (χ0) is 19.5. The predicted octanol–water partition coefficient (Wildman–Crippen LogP) is 5.88. The summed E-state index contributed by atoms with van der Waals surface area (Å²) in [5, 5.41) is 4.29. The molecular weight excluding hydrogens is 384 g/mol. The summed E-state index contributed by atoms with van der Waals surface area (Å²) < 4.78 is 5.41. The number of fused-ring (bicyclic) bond motifs is 1. The van der Waals surface area contributed by atoms with E-state index in [0.717, 1.165) is 39.4 Å². The number of nitrogens with one attached hydrogen (secondary N) is 1. The number of benzene rings is 3. The van der Waals surface area contributed by atoms with Crippen molar-refractivity contribution >= 4 is 46.5 Å². The van der Waals surface area contributed by atoms with Gasteiger partial charge in [0.2, 0.25) is 5.95 Å². The molecule has 0 aliphatic carbocycles. The van der Waals surface area contributed by atoms with Crippen molar-refractivity contribution < 1.29 is 4.74 Å². The van der Waals surface area contributed by atoms with Gasteiger partial charge in [-0.15, -0.1) is 12.4 Å². The van der Waals surface area contributed by atoms with E-state index in [2.05, 4.69) is 35.3 Å². The Balaban J connectivity index is 0.00000240. The average Bonchev–Trinajstić information content (AvgIpc) is 2.74. The predicted molar refractivity (Wildman–Crippen MR) is 122 cm³/mol. The Hall–Kier alpha value is -3.31. The Labute approximate surface area is 176 Å². The Morgan fingerprint density at radius 2 is 1.62 bits per heavy atom. The molecule has 29 heavy (non-hydrogen) atoms. The summed E-state index contributed by atoms with van der Waals surface area (Å²) in [6.07, 6.45) is 0. The molecule has 0 atom stereocenters. The summed E-state index contributed by atoms with van der Waals surface area (Å²) in [6, 6.07) is 24.1. The highest BCUT2D eigenvalue weighted by Crippen LogP contribution is 2.32. The third-order valence-electron chi connectivity index (χ3n) is 4.74. The Bertz CT molecular complexity index is 1120. The quantitative estimate of drug-likeness (QED) is 0.448. The van der Waals surface area contributed by atoms with E-state index in [-0.39, 0.29) is 12.4 Å². The van der Waals surface area contributed by atoms with Gasteiger partial charge in [-0.05, 0) is 48.9 Å². The number of rotatable bonds is 5. The van der Waals surface area contributed by atoms with Crippen LogP contribution in [0.4, 0.5) is 23.1 Å². The summed E-state index contributed by atoms with van der Waals surface area (Å²) >= 11 is 0. The molecule has 1 aromatic heterocycles. The first-order chi connectivity index (χ1) is 13.7. The largest absolute Gasteiger partial charge is 0.497 e. The van der Waals surface area contributed by atoms with Crippen LogP contribution in [0.2, 0.25) is 0 Å². The van der Waals surface area contributed by atoms with E-state index in [0.29, 0.717) is 5.95 Å². The number of halogens is 1. The molecule has 5 nitrogen and oxygen atoms in total. The third kappa shape index (κ3) is 4.25. The van der Waals surface area contributed by atoms with Crippen LogP contribution in [0.5, 0.6) is 5.75 Å². The number of para-hydroxylation sites is 2. The van der Waals surface area contributed by atoms with Crippen LogP contribution in [0.25, 0.3) is 10.9 Å². The second-order valence-electron chi connectivity index (χ2n) is 6.59. The summed E-state index contributed by atoms with van der Waals surface area (Å²) in [7, 11) is 3.67. The number of methoxy groups -OCH3 is 1. The smallest absolute Gasteiger partial charge is 0.229 e. The molecule has 0 aliphatic heterocycles. The van der Waals surface area contributed by atoms with Crippen molar-refractivity contribution in [3.63, 3.8) is 0 Å². The molecule has 0 saturated carbocycles. The van der Waals surface area contributed by atoms with Gasteiger partial charge in [0.15, 0.2) is 0 Å². The maximum Gasteiger partial charge on any atom is 0.229 e. The van der Waals surface area contributed by atoms with E-state index in [1.165, 1.54) is 0 Å². The van der Waals surface area contributed by atoms with Gasteiger partial charge in [-0.3, -0.25) is 0 Å². The standard InChI is InChI=1S/C23H22N4O.ClH/c1-16-9-7-8-12-20(16)24-23-25-21-14-13-18(28-3)15-19(21)22(26-23)27(2)17-10-5-4-6-11-17;/h4-15H,1-3H3,(H,24,25,26);1H. The van der Waals surface area contributed by atoms with E-state index >= 15 is 0 Å². The van der Waals surface area contributed by atoms with Gasteiger partial charge in [0.25, 0.3) is 0 Å². The van der Waals surface area contributed by atoms with E-state index in [4.69, 9.17) is 14.7 Å². The van der Waals surface area contributed by atoms with Crippen molar-refractivity contribution in [2.75, 3.05) is 24.4 Å². The normalized spacial score (nSPS) is 10.3. The summed E-state index contributed by atoms with van der Waals surface area (Å²) in [6.45, 7) is 2.06. The molecule has 0 amide bonds. The first-order valence-electron chi connectivity index (χ1n) is 9.13. The highest BCUT2D eigenvalue weighted by Gasteiger charge is 2.14. The van der Waals surface area contributed by atoms with Crippen molar-refractivity contribution in [3.8, 4) is 5.75 Å². The molecule has 4 rings (SSSR count). The maximum atomic E-state index is 5.41. The van der Waals surface area contributed by atoms with Crippen molar-refractivity contribution in [1.29, 1.82) is 0 Å². The molecule has 1 heterocycles. The molecule has 0 aliphatic rings. The van der Waals surface area contributed by atoms with Crippen LogP contribution >= 0.6 is 12.4 Å². The number of hydrogen-bond donors (Lipinski definition) is 1. The fraction of sp³-hybridized carbons (Fsp3) is 0.130. The molecule has 3 aromatic carbocycles. The Kier molecular flexibility index (Phi) is 6.20. The van der Waals surface area contributed by atoms with Gasteiger partial charge in [0.1, 0.15) is 11.6 Å². The van der Waals surface area contributed by atoms with Crippen molar-refractivity contribution in [3.05, 3.63) is 78.4 Å². The van der Waals surface area contributed by atoms with Crippen LogP contribution in [0, 0.1) is 6.92 Å². The number of aryl methyl sites for hydroxylation is 1. The van der Waals surface area contributed by atoms with Gasteiger partial charge in [-0.1, -0.05) is 36.4 Å². The SMILES string of the molecule is COc1ccc2nc(Nc3ccccc3C)nc(N(C)c3ccccc3)c2c1.Cl. The number of ether oxygens (including phenoxy) is 1. The van der Waals surface area contributed by atoms with E-state index in [1.54, 1.807) is 7.11 Å². The van der Waals surface area contributed by atoms with Gasteiger partial charge in [0, 0.05) is 23.8 Å². The molecule has 4 aromatic rings. The Morgan fingerprint density at radius 3 is 2.34 bits per heavy atom. The van der Waals surface area contributed by atoms with Crippen molar-refractivity contribution in [2.45, 2.75) is 6.92 Å². The first kappa shape index (κ1) is 20.4. The lowest BCUT2D eigenvalue weighted by atomic mass is 10.2. The lowest BCUT2D eigenvalue weighted by Gasteiger charge is -2.21. The molecule has 1 N–H and O–H groups in total. The lowest BCUT2D eigenvalue weighted by Crippen LogP contribution is -2.13. The van der Waals surface area contributed by atoms with Crippen molar-refractivity contribution in [1.82, 2.24) is 9.97 Å². The molecule has 6 heteroatoms. The van der Waals surface area contributed by atoms with Crippen LogP contribution in [0.15, 0.2) is 72.8 Å². The minimum Gasteiger partial charge on any atom is -0.497 e. The Morgan fingerprint density at radius 1 is 0.897 bits per heavy atom. The minimum atomic E-state index is 0. The monoisotopic (exact) mass is 406 g/mol. The third-order valence-corrected chi connectivity index (χ3v) is 4.74. The van der Waals surface area contributed by atoms with Gasteiger partial charge in [-0.25, -0.2) is 4.98 Å². The van der Waals surface area contributed by atoms with E-state index in [9.17, 15) is 0 Å². The fourth-order valence-corrected chi connectivity index (χ4v) is 3.14. The van der Waals surface area contributed by atoms with Crippen LogP contribution in [0.3, 0.4) is 0 Å². The number of aromatic nitrogens is 2. The molecule has 0 bridgehead atoms. The average molecular weight is 407 g/mol. The second-order valence-corrected chi connectivity index (χ2v) is 6.59. The molecule has 148 valence electrons. The fourth-order valence-electron chi connectivity index (χ4n) is 3.14. The highest BCUT2D eigenvalue weighted by molar-refractivity contribution is 5.93. The zero-order valence-corrected chi connectivity index (χ0v) is 17.4. The number of nitrogens with zero attached hydrogens (tertiary/aromatic N) is 3. The van der Waals surface area contributed by atoms with Gasteiger partial charge in [0.05, 0.1) is 12.6 Å². The molecule has 0 unspecified atom stereocenters. The topological polar surface area (TPSA) is 50.3 Å². The van der Waals surface area contributed by atoms with Gasteiger partial charge < -0.3 is 15.0 Å². The van der Waals surface area contributed by atoms with E-state index in [1.807, 2.05) is 61.6 Å². The molecule has 0 spiro atoms. The summed E-state index contributed by atoms with van der Waals surface area (Å²) in [5.41, 5.74) is 4.03. The van der Waals surface area contributed by atoms with Gasteiger partial charge in [-0.2, -0.15) is 4.98 Å². The van der Waals surface area contributed by atoms with Crippen LogP contribution in [-0.2, 0) is 0 Å². The maximum absolute atomic E-state index is 5.41. The van der Waals surface area contributed by atoms with Crippen LogP contribution < -0.4 is 15.0 Å². The molecular formula is C23H23ClN4O. The second kappa shape index (κ2) is 8.80. The summed E-state index contributed by atoms with van der Waals surface area (Å²) in [4.78, 5) is 11.6. The minimum absolute atomic E-state index is 0. The first-order valence-corrected chi connectivity index (χ1v) is 9.13. The van der Waals surface area contributed by atoms with Crippen LogP contribution in [-0.4, -0.2) is 24.1 Å². The van der Waals surface area contributed by atoms with Crippen LogP contribution in [0.1, 0.15) is 5.56 Å². The summed E-state index contributed by atoms with van der Waals surface area (Å²) in [5.74, 6) is 2.15. The lowest BCUT2D eigenvalue weighted by molar-refractivity contribution is 0.415. The molecule has 0 saturated heterocycles.